The third-order valence-electron chi connectivity index (χ3n) is 4.01. The van der Waals surface area contributed by atoms with Crippen molar-refractivity contribution in [3.8, 4) is 0 Å². The molecule has 0 aliphatic rings. The zero-order valence-electron chi connectivity index (χ0n) is 14.5. The number of aromatic nitrogens is 2. The maximum Gasteiger partial charge on any atom is 0.215 e. The second-order valence-electron chi connectivity index (χ2n) is 6.10. The van der Waals surface area contributed by atoms with Crippen molar-refractivity contribution in [2.24, 2.45) is 0 Å². The quantitative estimate of drug-likeness (QED) is 0.643. The molecule has 1 atom stereocenters. The molecule has 5 nitrogen and oxygen atoms in total. The molecule has 0 spiro atoms. The van der Waals surface area contributed by atoms with E-state index in [0.29, 0.717) is 10.6 Å². The number of hydrogen-bond donors (Lipinski definition) is 1. The first-order valence-corrected chi connectivity index (χ1v) is 11.0. The molecule has 0 aliphatic heterocycles. The zero-order chi connectivity index (χ0) is 18.7. The van der Waals surface area contributed by atoms with Gasteiger partial charge in [0.15, 0.2) is 0 Å². The Hall–Kier alpha value is -1.67. The Morgan fingerprint density at radius 2 is 2.00 bits per heavy atom. The number of hydrogen-bond acceptors (Lipinski definition) is 4. The number of rotatable bonds is 7. The minimum atomic E-state index is -3.53. The Morgan fingerprint density at radius 1 is 1.23 bits per heavy atom. The Kier molecular flexibility index (Phi) is 5.82. The summed E-state index contributed by atoms with van der Waals surface area (Å²) in [5.41, 5.74) is 2.48. The number of halogens is 1. The first-order valence-electron chi connectivity index (χ1n) is 8.12. The van der Waals surface area contributed by atoms with Crippen LogP contribution in [0.5, 0.6) is 0 Å². The molecule has 2 heterocycles. The van der Waals surface area contributed by atoms with Crippen LogP contribution < -0.4 is 4.72 Å². The molecule has 3 rings (SSSR count). The summed E-state index contributed by atoms with van der Waals surface area (Å²) in [6.45, 7) is 4.13. The van der Waals surface area contributed by atoms with E-state index in [1.807, 2.05) is 42.1 Å². The van der Waals surface area contributed by atoms with Gasteiger partial charge in [-0.05, 0) is 43.0 Å². The van der Waals surface area contributed by atoms with Crippen LogP contribution in [0.25, 0.3) is 0 Å². The van der Waals surface area contributed by atoms with Crippen LogP contribution in [-0.2, 0) is 15.8 Å². The lowest BCUT2D eigenvalue weighted by molar-refractivity contribution is 0.499. The van der Waals surface area contributed by atoms with Gasteiger partial charge in [0, 0.05) is 22.1 Å². The molecular formula is C18H20ClN3O2S2. The molecule has 2 aromatic heterocycles. The third kappa shape index (κ3) is 4.54. The van der Waals surface area contributed by atoms with Crippen LogP contribution >= 0.6 is 22.9 Å². The predicted molar refractivity (Wildman–Crippen MR) is 106 cm³/mol. The average molecular weight is 410 g/mol. The van der Waals surface area contributed by atoms with E-state index in [1.165, 1.54) is 0 Å². The molecule has 0 amide bonds. The standard InChI is InChI=1S/C18H20ClN3O2S2/c1-13-10-14(2)22(21-13)17(18-8-5-9-25-18)11-20-26(23,24)12-15-6-3-4-7-16(15)19/h3-10,17,20H,11-12H2,1-2H3/t17-/m0/s1. The van der Waals surface area contributed by atoms with Gasteiger partial charge in [-0.25, -0.2) is 13.1 Å². The third-order valence-corrected chi connectivity index (χ3v) is 6.65. The monoisotopic (exact) mass is 409 g/mol. The van der Waals surface area contributed by atoms with Gasteiger partial charge >= 0.3 is 0 Å². The number of benzene rings is 1. The molecule has 0 aliphatic carbocycles. The van der Waals surface area contributed by atoms with E-state index < -0.39 is 10.0 Å². The first-order chi connectivity index (χ1) is 12.4. The summed E-state index contributed by atoms with van der Waals surface area (Å²) in [5.74, 6) is -0.152. The summed E-state index contributed by atoms with van der Waals surface area (Å²) in [4.78, 5) is 1.05. The predicted octanol–water partition coefficient (Wildman–Crippen LogP) is 3.92. The van der Waals surface area contributed by atoms with Gasteiger partial charge in [-0.1, -0.05) is 35.9 Å². The van der Waals surface area contributed by atoms with Crippen LogP contribution in [0, 0.1) is 13.8 Å². The number of nitrogens with one attached hydrogen (secondary N) is 1. The summed E-state index contributed by atoms with van der Waals surface area (Å²) in [6, 6.07) is 12.7. The summed E-state index contributed by atoms with van der Waals surface area (Å²) in [5, 5.41) is 6.96. The Morgan fingerprint density at radius 3 is 2.62 bits per heavy atom. The first kappa shape index (κ1) is 19.1. The van der Waals surface area contributed by atoms with Crippen LogP contribution in [-0.4, -0.2) is 24.7 Å². The molecule has 3 aromatic rings. The zero-order valence-corrected chi connectivity index (χ0v) is 16.9. The normalized spacial score (nSPS) is 13.0. The van der Waals surface area contributed by atoms with Crippen molar-refractivity contribution in [2.45, 2.75) is 25.6 Å². The molecule has 1 N–H and O–H groups in total. The maximum atomic E-state index is 12.6. The van der Waals surface area contributed by atoms with E-state index in [9.17, 15) is 8.42 Å². The van der Waals surface area contributed by atoms with Gasteiger partial charge in [0.25, 0.3) is 0 Å². The molecule has 0 unspecified atom stereocenters. The fourth-order valence-electron chi connectivity index (χ4n) is 2.83. The Bertz CT molecular complexity index is 982. The lowest BCUT2D eigenvalue weighted by atomic mass is 10.2. The minimum Gasteiger partial charge on any atom is -0.260 e. The SMILES string of the molecule is Cc1cc(C)n([C@@H](CNS(=O)(=O)Cc2ccccc2Cl)c2cccs2)n1. The highest BCUT2D eigenvalue weighted by molar-refractivity contribution is 7.88. The van der Waals surface area contributed by atoms with Gasteiger partial charge in [0.2, 0.25) is 10.0 Å². The van der Waals surface area contributed by atoms with Crippen LogP contribution in [0.2, 0.25) is 5.02 Å². The number of thiophene rings is 1. The molecule has 138 valence electrons. The van der Waals surface area contributed by atoms with Gasteiger partial charge < -0.3 is 0 Å². The molecule has 0 bridgehead atoms. The van der Waals surface area contributed by atoms with E-state index in [1.54, 1.807) is 35.6 Å². The van der Waals surface area contributed by atoms with Crippen molar-refractivity contribution in [1.29, 1.82) is 0 Å². The van der Waals surface area contributed by atoms with Crippen LogP contribution in [0.4, 0.5) is 0 Å². The van der Waals surface area contributed by atoms with Crippen molar-refractivity contribution in [2.75, 3.05) is 6.54 Å². The highest BCUT2D eigenvalue weighted by Crippen LogP contribution is 2.25. The number of sulfonamides is 1. The molecule has 26 heavy (non-hydrogen) atoms. The van der Waals surface area contributed by atoms with Crippen LogP contribution in [0.3, 0.4) is 0 Å². The number of nitrogens with zero attached hydrogens (tertiary/aromatic N) is 2. The molecule has 0 radical (unpaired) electrons. The molecule has 8 heteroatoms. The lowest BCUT2D eigenvalue weighted by Crippen LogP contribution is -2.32. The summed E-state index contributed by atoms with van der Waals surface area (Å²) < 4.78 is 29.7. The molecular weight excluding hydrogens is 390 g/mol. The van der Waals surface area contributed by atoms with Gasteiger partial charge in [-0.15, -0.1) is 11.3 Å². The lowest BCUT2D eigenvalue weighted by Gasteiger charge is -2.19. The van der Waals surface area contributed by atoms with E-state index >= 15 is 0 Å². The molecule has 0 fully saturated rings. The highest BCUT2D eigenvalue weighted by atomic mass is 35.5. The Labute approximate surface area is 162 Å². The van der Waals surface area contributed by atoms with E-state index in [4.69, 9.17) is 11.6 Å². The highest BCUT2D eigenvalue weighted by Gasteiger charge is 2.21. The smallest absolute Gasteiger partial charge is 0.215 e. The number of aryl methyl sites for hydroxylation is 2. The van der Waals surface area contributed by atoms with E-state index in [2.05, 4.69) is 9.82 Å². The van der Waals surface area contributed by atoms with Crippen molar-refractivity contribution in [3.05, 3.63) is 74.7 Å². The van der Waals surface area contributed by atoms with Gasteiger partial charge in [-0.3, -0.25) is 4.68 Å². The summed E-state index contributed by atoms with van der Waals surface area (Å²) in [7, 11) is -3.53. The van der Waals surface area contributed by atoms with Gasteiger partial charge in [0.05, 0.1) is 17.5 Å². The fraction of sp³-hybridized carbons (Fsp3) is 0.278. The minimum absolute atomic E-state index is 0.152. The summed E-state index contributed by atoms with van der Waals surface area (Å²) in [6.07, 6.45) is 0. The van der Waals surface area contributed by atoms with Crippen LogP contribution in [0.15, 0.2) is 47.8 Å². The van der Waals surface area contributed by atoms with Crippen molar-refractivity contribution in [3.63, 3.8) is 0 Å². The van der Waals surface area contributed by atoms with Crippen molar-refractivity contribution >= 4 is 33.0 Å². The molecule has 0 saturated heterocycles. The van der Waals surface area contributed by atoms with Crippen molar-refractivity contribution in [1.82, 2.24) is 14.5 Å². The summed E-state index contributed by atoms with van der Waals surface area (Å²) >= 11 is 7.67. The fourth-order valence-corrected chi connectivity index (χ4v) is 5.10. The Balaban J connectivity index is 1.80. The second kappa shape index (κ2) is 7.92. The van der Waals surface area contributed by atoms with Crippen molar-refractivity contribution < 1.29 is 8.42 Å². The molecule has 1 aromatic carbocycles. The van der Waals surface area contributed by atoms with E-state index in [0.717, 1.165) is 16.3 Å². The van der Waals surface area contributed by atoms with Gasteiger partial charge in [0.1, 0.15) is 0 Å². The molecule has 0 saturated carbocycles. The second-order valence-corrected chi connectivity index (χ2v) is 9.30. The van der Waals surface area contributed by atoms with Gasteiger partial charge in [-0.2, -0.15) is 5.10 Å². The maximum absolute atomic E-state index is 12.6. The van der Waals surface area contributed by atoms with Crippen LogP contribution in [0.1, 0.15) is 27.9 Å². The van der Waals surface area contributed by atoms with E-state index in [-0.39, 0.29) is 18.3 Å². The largest absolute Gasteiger partial charge is 0.260 e. The average Bonchev–Trinajstić information content (AvgIpc) is 3.20. The topological polar surface area (TPSA) is 64.0 Å².